The van der Waals surface area contributed by atoms with Gasteiger partial charge in [0.05, 0.1) is 24.7 Å². The summed E-state index contributed by atoms with van der Waals surface area (Å²) < 4.78 is 10.8. The average Bonchev–Trinajstić information content (AvgIpc) is 2.89. The second-order valence-electron chi connectivity index (χ2n) is 3.97. The maximum Gasteiger partial charge on any atom is 0.0951 e. The van der Waals surface area contributed by atoms with E-state index in [2.05, 4.69) is 12.3 Å². The van der Waals surface area contributed by atoms with Gasteiger partial charge in [0.25, 0.3) is 0 Å². The highest BCUT2D eigenvalue weighted by Gasteiger charge is 2.34. The van der Waals surface area contributed by atoms with E-state index in [1.165, 1.54) is 0 Å². The highest BCUT2D eigenvalue weighted by atomic mass is 16.5. The monoisotopic (exact) mass is 210 g/mol. The third-order valence-electron chi connectivity index (χ3n) is 3.17. The van der Waals surface area contributed by atoms with Crippen molar-refractivity contribution in [1.29, 1.82) is 0 Å². The predicted octanol–water partition coefficient (Wildman–Crippen LogP) is 1.60. The van der Waals surface area contributed by atoms with Gasteiger partial charge in [-0.1, -0.05) is 6.92 Å². The van der Waals surface area contributed by atoms with Crippen molar-refractivity contribution in [3.63, 3.8) is 0 Å². The second kappa shape index (κ2) is 4.79. The van der Waals surface area contributed by atoms with Crippen LogP contribution in [-0.4, -0.2) is 12.7 Å². The molecular weight excluding hydrogens is 192 g/mol. The number of hydrogen-bond donors (Lipinski definition) is 2. The van der Waals surface area contributed by atoms with Crippen molar-refractivity contribution in [3.8, 4) is 0 Å². The molecule has 0 aromatic carbocycles. The van der Waals surface area contributed by atoms with E-state index >= 15 is 0 Å². The molecule has 0 bridgehead atoms. The summed E-state index contributed by atoms with van der Waals surface area (Å²) in [6.07, 6.45) is 5.81. The molecule has 84 valence electrons. The van der Waals surface area contributed by atoms with Gasteiger partial charge in [-0.15, -0.1) is 0 Å². The van der Waals surface area contributed by atoms with Crippen LogP contribution >= 0.6 is 0 Å². The molecule has 2 heterocycles. The molecule has 1 aliphatic heterocycles. The van der Waals surface area contributed by atoms with Gasteiger partial charge in [0.15, 0.2) is 0 Å². The minimum absolute atomic E-state index is 0.135. The fraction of sp³-hybridized carbons (Fsp3) is 0.636. The highest BCUT2D eigenvalue weighted by Crippen LogP contribution is 2.34. The molecule has 3 N–H and O–H groups in total. The van der Waals surface area contributed by atoms with Gasteiger partial charge >= 0.3 is 0 Å². The van der Waals surface area contributed by atoms with Crippen LogP contribution in [0.15, 0.2) is 23.0 Å². The Hall–Kier alpha value is -0.840. The molecule has 3 atom stereocenters. The van der Waals surface area contributed by atoms with Gasteiger partial charge in [0, 0.05) is 18.1 Å². The Morgan fingerprint density at radius 1 is 1.67 bits per heavy atom. The van der Waals surface area contributed by atoms with Crippen molar-refractivity contribution >= 4 is 0 Å². The molecule has 3 unspecified atom stereocenters. The first-order chi connectivity index (χ1) is 7.36. The Bertz CT molecular complexity index is 287. The lowest BCUT2D eigenvalue weighted by Crippen LogP contribution is -2.36. The predicted molar refractivity (Wildman–Crippen MR) is 56.9 cm³/mol. The van der Waals surface area contributed by atoms with Gasteiger partial charge in [-0.3, -0.25) is 11.3 Å². The lowest BCUT2D eigenvalue weighted by Gasteiger charge is -2.25. The molecular formula is C11H18N2O2. The van der Waals surface area contributed by atoms with E-state index in [1.807, 2.05) is 6.07 Å². The summed E-state index contributed by atoms with van der Waals surface area (Å²) in [7, 11) is 0. The molecule has 0 spiro atoms. The number of ether oxygens (including phenoxy) is 1. The SMILES string of the molecule is CCC1OCCC1C(NN)c1ccoc1. The van der Waals surface area contributed by atoms with Gasteiger partial charge in [0.1, 0.15) is 0 Å². The third-order valence-corrected chi connectivity index (χ3v) is 3.17. The third kappa shape index (κ3) is 2.07. The number of rotatable bonds is 4. The fourth-order valence-electron chi connectivity index (χ4n) is 2.39. The lowest BCUT2D eigenvalue weighted by atomic mass is 9.88. The van der Waals surface area contributed by atoms with Gasteiger partial charge < -0.3 is 9.15 Å². The van der Waals surface area contributed by atoms with Crippen LogP contribution in [0.25, 0.3) is 0 Å². The molecule has 4 nitrogen and oxygen atoms in total. The molecule has 0 saturated carbocycles. The number of nitrogens with two attached hydrogens (primary N) is 1. The topological polar surface area (TPSA) is 60.4 Å². The molecule has 0 aliphatic carbocycles. The first-order valence-electron chi connectivity index (χ1n) is 5.46. The van der Waals surface area contributed by atoms with Crippen LogP contribution in [0.1, 0.15) is 31.4 Å². The smallest absolute Gasteiger partial charge is 0.0951 e. The zero-order valence-corrected chi connectivity index (χ0v) is 8.98. The van der Waals surface area contributed by atoms with E-state index in [-0.39, 0.29) is 6.04 Å². The molecule has 1 saturated heterocycles. The van der Waals surface area contributed by atoms with E-state index < -0.39 is 0 Å². The molecule has 1 aromatic rings. The Balaban J connectivity index is 2.12. The minimum Gasteiger partial charge on any atom is -0.472 e. The summed E-state index contributed by atoms with van der Waals surface area (Å²) in [6, 6.07) is 2.09. The number of hydrogen-bond acceptors (Lipinski definition) is 4. The van der Waals surface area contributed by atoms with Crippen LogP contribution in [-0.2, 0) is 4.74 Å². The van der Waals surface area contributed by atoms with Crippen molar-refractivity contribution in [3.05, 3.63) is 24.2 Å². The Kier molecular flexibility index (Phi) is 3.41. The Morgan fingerprint density at radius 2 is 2.53 bits per heavy atom. The zero-order chi connectivity index (χ0) is 10.7. The van der Waals surface area contributed by atoms with Crippen LogP contribution in [0.5, 0.6) is 0 Å². The molecule has 4 heteroatoms. The van der Waals surface area contributed by atoms with Crippen LogP contribution < -0.4 is 11.3 Å². The van der Waals surface area contributed by atoms with Gasteiger partial charge in [0.2, 0.25) is 0 Å². The molecule has 1 fully saturated rings. The number of furan rings is 1. The Labute approximate surface area is 89.7 Å². The van der Waals surface area contributed by atoms with Crippen LogP contribution in [0.4, 0.5) is 0 Å². The van der Waals surface area contributed by atoms with E-state index in [4.69, 9.17) is 15.0 Å². The summed E-state index contributed by atoms with van der Waals surface area (Å²) in [5, 5.41) is 0. The van der Waals surface area contributed by atoms with Crippen molar-refractivity contribution < 1.29 is 9.15 Å². The summed E-state index contributed by atoms with van der Waals surface area (Å²) in [6.45, 7) is 2.98. The van der Waals surface area contributed by atoms with Crippen molar-refractivity contribution in [2.75, 3.05) is 6.61 Å². The summed E-state index contributed by atoms with van der Waals surface area (Å²) in [5.41, 5.74) is 3.97. The van der Waals surface area contributed by atoms with Crippen molar-refractivity contribution in [1.82, 2.24) is 5.43 Å². The van der Waals surface area contributed by atoms with Gasteiger partial charge in [-0.05, 0) is 18.9 Å². The largest absolute Gasteiger partial charge is 0.472 e. The van der Waals surface area contributed by atoms with E-state index in [0.717, 1.165) is 25.0 Å². The molecule has 15 heavy (non-hydrogen) atoms. The summed E-state index contributed by atoms with van der Waals surface area (Å²) in [4.78, 5) is 0. The maximum atomic E-state index is 5.67. The minimum atomic E-state index is 0.135. The number of nitrogens with one attached hydrogen (secondary N) is 1. The average molecular weight is 210 g/mol. The van der Waals surface area contributed by atoms with E-state index in [0.29, 0.717) is 12.0 Å². The lowest BCUT2D eigenvalue weighted by molar-refractivity contribution is 0.0773. The Morgan fingerprint density at radius 3 is 3.13 bits per heavy atom. The van der Waals surface area contributed by atoms with Crippen LogP contribution in [0.3, 0.4) is 0 Å². The fourth-order valence-corrected chi connectivity index (χ4v) is 2.39. The molecule has 1 aliphatic rings. The summed E-state index contributed by atoms with van der Waals surface area (Å²) in [5.74, 6) is 6.06. The van der Waals surface area contributed by atoms with Crippen molar-refractivity contribution in [2.24, 2.45) is 11.8 Å². The van der Waals surface area contributed by atoms with Crippen LogP contribution in [0, 0.1) is 5.92 Å². The first-order valence-corrected chi connectivity index (χ1v) is 5.46. The second-order valence-corrected chi connectivity index (χ2v) is 3.97. The van der Waals surface area contributed by atoms with Crippen LogP contribution in [0.2, 0.25) is 0 Å². The number of hydrazine groups is 1. The molecule has 0 radical (unpaired) electrons. The van der Waals surface area contributed by atoms with Crippen molar-refractivity contribution in [2.45, 2.75) is 31.9 Å². The van der Waals surface area contributed by atoms with Gasteiger partial charge in [-0.2, -0.15) is 0 Å². The van der Waals surface area contributed by atoms with E-state index in [1.54, 1.807) is 12.5 Å². The molecule has 1 aromatic heterocycles. The van der Waals surface area contributed by atoms with E-state index in [9.17, 15) is 0 Å². The normalized spacial score (nSPS) is 28.1. The first kappa shape index (κ1) is 10.7. The van der Waals surface area contributed by atoms with Gasteiger partial charge in [-0.25, -0.2) is 0 Å². The standard InChI is InChI=1S/C11H18N2O2/c1-2-10-9(4-6-15-10)11(13-12)8-3-5-14-7-8/h3,5,7,9-11,13H,2,4,6,12H2,1H3. The maximum absolute atomic E-state index is 5.67. The molecule has 0 amide bonds. The summed E-state index contributed by atoms with van der Waals surface area (Å²) >= 11 is 0. The molecule has 2 rings (SSSR count). The zero-order valence-electron chi connectivity index (χ0n) is 8.98. The highest BCUT2D eigenvalue weighted by molar-refractivity contribution is 5.13. The quantitative estimate of drug-likeness (QED) is 0.585.